The van der Waals surface area contributed by atoms with Crippen LogP contribution in [0.4, 0.5) is 4.39 Å². The van der Waals surface area contributed by atoms with Crippen molar-refractivity contribution in [3.8, 4) is 0 Å². The molecule has 0 fully saturated rings. The monoisotopic (exact) mass is 292 g/mol. The number of nitrogens with two attached hydrogens (primary N) is 1. The van der Waals surface area contributed by atoms with E-state index in [2.05, 4.69) is 24.0 Å². The highest BCUT2D eigenvalue weighted by Crippen LogP contribution is 2.28. The minimum absolute atomic E-state index is 0.139. The van der Waals surface area contributed by atoms with Gasteiger partial charge in [-0.3, -0.25) is 4.90 Å². The first kappa shape index (κ1) is 15.2. The summed E-state index contributed by atoms with van der Waals surface area (Å²) >= 11 is 1.79. The van der Waals surface area contributed by atoms with Gasteiger partial charge in [0, 0.05) is 28.4 Å². The van der Waals surface area contributed by atoms with E-state index in [0.29, 0.717) is 18.7 Å². The van der Waals surface area contributed by atoms with Crippen molar-refractivity contribution in [1.29, 1.82) is 0 Å². The lowest BCUT2D eigenvalue weighted by Gasteiger charge is -2.26. The second kappa shape index (κ2) is 6.97. The number of hydrogen-bond donors (Lipinski definition) is 1. The lowest BCUT2D eigenvalue weighted by atomic mass is 10.1. The molecule has 2 rings (SSSR count). The highest BCUT2D eigenvalue weighted by molar-refractivity contribution is 7.12. The summed E-state index contributed by atoms with van der Waals surface area (Å²) in [6.45, 7) is 3.25. The Kier molecular flexibility index (Phi) is 5.29. The van der Waals surface area contributed by atoms with E-state index in [4.69, 9.17) is 5.73 Å². The van der Waals surface area contributed by atoms with Crippen molar-refractivity contribution in [2.24, 2.45) is 5.73 Å². The molecule has 0 saturated carbocycles. The molecule has 1 atom stereocenters. The van der Waals surface area contributed by atoms with E-state index >= 15 is 0 Å². The van der Waals surface area contributed by atoms with Crippen molar-refractivity contribution in [2.45, 2.75) is 25.9 Å². The highest BCUT2D eigenvalue weighted by Gasteiger charge is 2.18. The Bertz CT molecular complexity index is 553. The molecule has 20 heavy (non-hydrogen) atoms. The Balaban J connectivity index is 2.13. The van der Waals surface area contributed by atoms with E-state index in [1.807, 2.05) is 19.2 Å². The zero-order valence-corrected chi connectivity index (χ0v) is 12.8. The standard InChI is InChI=1S/C16H21FN2S/c1-3-13-8-9-16(20-13)15(10-18)19(2)11-12-6-4-5-7-14(12)17/h4-9,15H,3,10-11,18H2,1-2H3. The molecular formula is C16H21FN2S. The van der Waals surface area contributed by atoms with E-state index in [0.717, 1.165) is 6.42 Å². The summed E-state index contributed by atoms with van der Waals surface area (Å²) in [7, 11) is 2.00. The fourth-order valence-electron chi connectivity index (χ4n) is 2.28. The third-order valence-electron chi connectivity index (χ3n) is 3.49. The Morgan fingerprint density at radius 2 is 2.00 bits per heavy atom. The lowest BCUT2D eigenvalue weighted by molar-refractivity contribution is 0.242. The number of thiophene rings is 1. The van der Waals surface area contributed by atoms with Crippen molar-refractivity contribution in [3.63, 3.8) is 0 Å². The van der Waals surface area contributed by atoms with Gasteiger partial charge in [0.15, 0.2) is 0 Å². The van der Waals surface area contributed by atoms with Crippen LogP contribution >= 0.6 is 11.3 Å². The number of likely N-dealkylation sites (N-methyl/N-ethyl adjacent to an activating group) is 1. The third-order valence-corrected chi connectivity index (χ3v) is 4.82. The molecular weight excluding hydrogens is 271 g/mol. The largest absolute Gasteiger partial charge is 0.329 e. The molecule has 4 heteroatoms. The molecule has 0 spiro atoms. The summed E-state index contributed by atoms with van der Waals surface area (Å²) in [4.78, 5) is 4.73. The summed E-state index contributed by atoms with van der Waals surface area (Å²) < 4.78 is 13.7. The fourth-order valence-corrected chi connectivity index (χ4v) is 3.41. The van der Waals surface area contributed by atoms with Gasteiger partial charge >= 0.3 is 0 Å². The molecule has 0 bridgehead atoms. The van der Waals surface area contributed by atoms with Gasteiger partial charge in [-0.1, -0.05) is 25.1 Å². The van der Waals surface area contributed by atoms with Gasteiger partial charge in [-0.15, -0.1) is 11.3 Å². The molecule has 0 radical (unpaired) electrons. The summed E-state index contributed by atoms with van der Waals surface area (Å²) in [5, 5.41) is 0. The van der Waals surface area contributed by atoms with Gasteiger partial charge in [-0.2, -0.15) is 0 Å². The first-order valence-electron chi connectivity index (χ1n) is 6.88. The molecule has 1 heterocycles. The zero-order valence-electron chi connectivity index (χ0n) is 12.0. The molecule has 1 unspecified atom stereocenters. The molecule has 2 nitrogen and oxygen atoms in total. The first-order valence-corrected chi connectivity index (χ1v) is 7.69. The van der Waals surface area contributed by atoms with Crippen LogP contribution in [0.5, 0.6) is 0 Å². The van der Waals surface area contributed by atoms with Crippen LogP contribution in [0.15, 0.2) is 36.4 Å². The molecule has 0 amide bonds. The van der Waals surface area contributed by atoms with Gasteiger partial charge < -0.3 is 5.73 Å². The number of nitrogens with zero attached hydrogens (tertiary/aromatic N) is 1. The smallest absolute Gasteiger partial charge is 0.127 e. The maximum absolute atomic E-state index is 13.7. The molecule has 2 aromatic rings. The number of rotatable bonds is 6. The van der Waals surface area contributed by atoms with Crippen LogP contribution in [-0.2, 0) is 13.0 Å². The quantitative estimate of drug-likeness (QED) is 0.881. The molecule has 108 valence electrons. The average Bonchev–Trinajstić information content (AvgIpc) is 2.91. The normalized spacial score (nSPS) is 12.8. The predicted octanol–water partition coefficient (Wildman–Crippen LogP) is 3.58. The lowest BCUT2D eigenvalue weighted by Crippen LogP contribution is -2.29. The summed E-state index contributed by atoms with van der Waals surface area (Å²) in [6.07, 6.45) is 1.04. The summed E-state index contributed by atoms with van der Waals surface area (Å²) in [5.41, 5.74) is 6.63. The Hall–Kier alpha value is -1.23. The SMILES string of the molecule is CCc1ccc(C(CN)N(C)Cc2ccccc2F)s1. The van der Waals surface area contributed by atoms with Crippen LogP contribution < -0.4 is 5.73 Å². The van der Waals surface area contributed by atoms with Gasteiger partial charge in [0.2, 0.25) is 0 Å². The second-order valence-electron chi connectivity index (χ2n) is 4.92. The first-order chi connectivity index (χ1) is 9.65. The van der Waals surface area contributed by atoms with Crippen LogP contribution in [0.2, 0.25) is 0 Å². The van der Waals surface area contributed by atoms with Gasteiger partial charge in [0.05, 0.1) is 6.04 Å². The predicted molar refractivity (Wildman–Crippen MR) is 83.4 cm³/mol. The number of aryl methyl sites for hydroxylation is 1. The molecule has 0 aliphatic heterocycles. The Morgan fingerprint density at radius 3 is 2.60 bits per heavy atom. The minimum Gasteiger partial charge on any atom is -0.329 e. The van der Waals surface area contributed by atoms with Crippen molar-refractivity contribution < 1.29 is 4.39 Å². The number of benzene rings is 1. The van der Waals surface area contributed by atoms with E-state index in [9.17, 15) is 4.39 Å². The minimum atomic E-state index is -0.157. The molecule has 0 aliphatic carbocycles. The van der Waals surface area contributed by atoms with Crippen molar-refractivity contribution in [3.05, 3.63) is 57.5 Å². The van der Waals surface area contributed by atoms with Gasteiger partial charge in [-0.05, 0) is 31.7 Å². The number of halogens is 1. The van der Waals surface area contributed by atoms with Crippen molar-refractivity contribution in [1.82, 2.24) is 4.90 Å². The topological polar surface area (TPSA) is 29.3 Å². The van der Waals surface area contributed by atoms with Crippen molar-refractivity contribution in [2.75, 3.05) is 13.6 Å². The zero-order chi connectivity index (χ0) is 14.5. The molecule has 2 N–H and O–H groups in total. The van der Waals surface area contributed by atoms with Crippen LogP contribution in [0, 0.1) is 5.82 Å². The van der Waals surface area contributed by atoms with Crippen molar-refractivity contribution >= 4 is 11.3 Å². The van der Waals surface area contributed by atoms with E-state index in [-0.39, 0.29) is 11.9 Å². The molecule has 0 saturated heterocycles. The van der Waals surface area contributed by atoms with E-state index < -0.39 is 0 Å². The fraction of sp³-hybridized carbons (Fsp3) is 0.375. The van der Waals surface area contributed by atoms with Crippen LogP contribution in [0.25, 0.3) is 0 Å². The maximum atomic E-state index is 13.7. The van der Waals surface area contributed by atoms with Gasteiger partial charge in [-0.25, -0.2) is 4.39 Å². The van der Waals surface area contributed by atoms with Gasteiger partial charge in [0.1, 0.15) is 5.82 Å². The van der Waals surface area contributed by atoms with Gasteiger partial charge in [0.25, 0.3) is 0 Å². The van der Waals surface area contributed by atoms with E-state index in [1.54, 1.807) is 17.4 Å². The molecule has 1 aromatic carbocycles. The van der Waals surface area contributed by atoms with Crippen LogP contribution in [-0.4, -0.2) is 18.5 Å². The van der Waals surface area contributed by atoms with Crippen LogP contribution in [0.3, 0.4) is 0 Å². The number of hydrogen-bond acceptors (Lipinski definition) is 3. The van der Waals surface area contributed by atoms with E-state index in [1.165, 1.54) is 15.8 Å². The highest BCUT2D eigenvalue weighted by atomic mass is 32.1. The Morgan fingerprint density at radius 1 is 1.25 bits per heavy atom. The summed E-state index contributed by atoms with van der Waals surface area (Å²) in [5.74, 6) is -0.157. The third kappa shape index (κ3) is 3.45. The van der Waals surface area contributed by atoms with Crippen LogP contribution in [0.1, 0.15) is 28.3 Å². The summed E-state index contributed by atoms with van der Waals surface area (Å²) in [6, 6.07) is 11.3. The second-order valence-corrected chi connectivity index (χ2v) is 6.12. The molecule has 1 aromatic heterocycles. The Labute approximate surface area is 124 Å². The average molecular weight is 292 g/mol. The molecule has 0 aliphatic rings. The maximum Gasteiger partial charge on any atom is 0.127 e.